The zero-order chi connectivity index (χ0) is 16.5. The molecule has 0 unspecified atom stereocenters. The molecule has 0 N–H and O–H groups in total. The third-order valence-electron chi connectivity index (χ3n) is 5.90. The summed E-state index contributed by atoms with van der Waals surface area (Å²) in [4.78, 5) is 17.5. The molecular weight excluding hydrogens is 300 g/mol. The number of hydrogen-bond acceptors (Lipinski definition) is 3. The van der Waals surface area contributed by atoms with Crippen LogP contribution in [-0.2, 0) is 9.53 Å². The van der Waals surface area contributed by atoms with E-state index in [9.17, 15) is 4.79 Å². The minimum atomic E-state index is 0.229. The second-order valence-corrected chi connectivity index (χ2v) is 7.59. The fraction of sp³-hybridized carbons (Fsp3) is 0.650. The Balaban J connectivity index is 1.28. The molecule has 1 amide bonds. The SMILES string of the molecule is C[C@@H]1CN(C2CCN(C(=O)[C@H]3C[C@@H]3c3ccccc3)CC2)CCO1. The van der Waals surface area contributed by atoms with E-state index in [0.29, 0.717) is 24.0 Å². The lowest BCUT2D eigenvalue weighted by Gasteiger charge is -2.41. The fourth-order valence-corrected chi connectivity index (χ4v) is 4.40. The van der Waals surface area contributed by atoms with Gasteiger partial charge in [0.1, 0.15) is 0 Å². The first-order valence-electron chi connectivity index (χ1n) is 9.42. The summed E-state index contributed by atoms with van der Waals surface area (Å²) in [6, 6.07) is 11.1. The minimum absolute atomic E-state index is 0.229. The van der Waals surface area contributed by atoms with Gasteiger partial charge in [0.2, 0.25) is 5.91 Å². The Morgan fingerprint density at radius 2 is 1.88 bits per heavy atom. The Hall–Kier alpha value is -1.39. The number of piperidine rings is 1. The highest BCUT2D eigenvalue weighted by molar-refractivity contribution is 5.83. The van der Waals surface area contributed by atoms with E-state index in [4.69, 9.17) is 4.74 Å². The molecule has 2 aliphatic heterocycles. The number of benzene rings is 1. The molecule has 4 heteroatoms. The molecule has 2 heterocycles. The van der Waals surface area contributed by atoms with Crippen LogP contribution >= 0.6 is 0 Å². The van der Waals surface area contributed by atoms with Crippen molar-refractivity contribution < 1.29 is 9.53 Å². The van der Waals surface area contributed by atoms with Gasteiger partial charge in [0.05, 0.1) is 12.7 Å². The van der Waals surface area contributed by atoms with Gasteiger partial charge in [-0.1, -0.05) is 30.3 Å². The smallest absolute Gasteiger partial charge is 0.226 e. The number of likely N-dealkylation sites (tertiary alicyclic amines) is 1. The van der Waals surface area contributed by atoms with Gasteiger partial charge in [-0.2, -0.15) is 0 Å². The lowest BCUT2D eigenvalue weighted by molar-refractivity contribution is -0.134. The van der Waals surface area contributed by atoms with Crippen LogP contribution in [0.5, 0.6) is 0 Å². The van der Waals surface area contributed by atoms with E-state index in [2.05, 4.69) is 41.0 Å². The van der Waals surface area contributed by atoms with Gasteiger partial charge in [0.25, 0.3) is 0 Å². The predicted molar refractivity (Wildman–Crippen MR) is 93.9 cm³/mol. The Kier molecular flexibility index (Phi) is 4.59. The van der Waals surface area contributed by atoms with Gasteiger partial charge < -0.3 is 9.64 Å². The number of hydrogen-bond donors (Lipinski definition) is 0. The zero-order valence-corrected chi connectivity index (χ0v) is 14.6. The maximum atomic E-state index is 12.8. The van der Waals surface area contributed by atoms with Crippen molar-refractivity contribution in [2.45, 2.75) is 44.2 Å². The van der Waals surface area contributed by atoms with E-state index in [0.717, 1.165) is 52.0 Å². The van der Waals surface area contributed by atoms with Crippen molar-refractivity contribution in [1.29, 1.82) is 0 Å². The van der Waals surface area contributed by atoms with Gasteiger partial charge in [-0.05, 0) is 37.7 Å². The first-order valence-corrected chi connectivity index (χ1v) is 9.42. The summed E-state index contributed by atoms with van der Waals surface area (Å²) in [7, 11) is 0. The van der Waals surface area contributed by atoms with Crippen molar-refractivity contribution in [3.63, 3.8) is 0 Å². The number of ether oxygens (including phenoxy) is 1. The molecule has 4 rings (SSSR count). The summed E-state index contributed by atoms with van der Waals surface area (Å²) in [5.74, 6) is 1.07. The van der Waals surface area contributed by atoms with Crippen LogP contribution in [0.2, 0.25) is 0 Å². The Bertz CT molecular complexity index is 568. The molecule has 0 radical (unpaired) electrons. The lowest BCUT2D eigenvalue weighted by atomic mass is 10.0. The van der Waals surface area contributed by atoms with Crippen LogP contribution in [0.4, 0.5) is 0 Å². The molecule has 130 valence electrons. The van der Waals surface area contributed by atoms with E-state index in [1.165, 1.54) is 5.56 Å². The molecule has 1 aromatic carbocycles. The summed E-state index contributed by atoms with van der Waals surface area (Å²) in [5.41, 5.74) is 1.33. The Morgan fingerprint density at radius 3 is 2.58 bits per heavy atom. The molecule has 0 spiro atoms. The normalized spacial score (nSPS) is 31.9. The summed E-state index contributed by atoms with van der Waals surface area (Å²) in [6.07, 6.45) is 3.60. The third-order valence-corrected chi connectivity index (χ3v) is 5.90. The van der Waals surface area contributed by atoms with Crippen LogP contribution < -0.4 is 0 Å². The van der Waals surface area contributed by atoms with Gasteiger partial charge in [-0.15, -0.1) is 0 Å². The number of amides is 1. The van der Waals surface area contributed by atoms with Crippen molar-refractivity contribution in [3.8, 4) is 0 Å². The Morgan fingerprint density at radius 1 is 1.12 bits per heavy atom. The molecule has 1 aromatic rings. The quantitative estimate of drug-likeness (QED) is 0.855. The van der Waals surface area contributed by atoms with Gasteiger partial charge >= 0.3 is 0 Å². The molecule has 0 bridgehead atoms. The van der Waals surface area contributed by atoms with Gasteiger partial charge in [0.15, 0.2) is 0 Å². The average Bonchev–Trinajstić information content (AvgIpc) is 3.43. The van der Waals surface area contributed by atoms with Crippen LogP contribution in [0.25, 0.3) is 0 Å². The minimum Gasteiger partial charge on any atom is -0.376 e. The fourth-order valence-electron chi connectivity index (χ4n) is 4.40. The lowest BCUT2D eigenvalue weighted by Crippen LogP contribution is -2.52. The predicted octanol–water partition coefficient (Wildman–Crippen LogP) is 2.50. The highest BCUT2D eigenvalue weighted by Crippen LogP contribution is 2.48. The Labute approximate surface area is 144 Å². The van der Waals surface area contributed by atoms with Crippen LogP contribution in [-0.4, -0.2) is 60.6 Å². The maximum absolute atomic E-state index is 12.8. The van der Waals surface area contributed by atoms with Crippen LogP contribution in [0.1, 0.15) is 37.7 Å². The number of rotatable bonds is 3. The second kappa shape index (κ2) is 6.85. The van der Waals surface area contributed by atoms with Crippen molar-refractivity contribution in [2.75, 3.05) is 32.8 Å². The summed E-state index contributed by atoms with van der Waals surface area (Å²) < 4.78 is 5.65. The number of carbonyl (C=O) groups is 1. The third kappa shape index (κ3) is 3.35. The van der Waals surface area contributed by atoms with Crippen LogP contribution in [0.3, 0.4) is 0 Å². The van der Waals surface area contributed by atoms with E-state index >= 15 is 0 Å². The molecule has 1 aliphatic carbocycles. The van der Waals surface area contributed by atoms with Crippen LogP contribution in [0, 0.1) is 5.92 Å². The van der Waals surface area contributed by atoms with Crippen LogP contribution in [0.15, 0.2) is 30.3 Å². The first-order chi connectivity index (χ1) is 11.7. The molecule has 3 atom stereocenters. The molecule has 24 heavy (non-hydrogen) atoms. The van der Waals surface area contributed by atoms with Crippen molar-refractivity contribution in [1.82, 2.24) is 9.80 Å². The number of carbonyl (C=O) groups excluding carboxylic acids is 1. The van der Waals surface area contributed by atoms with E-state index in [-0.39, 0.29) is 5.92 Å². The molecule has 0 aromatic heterocycles. The van der Waals surface area contributed by atoms with Gasteiger partial charge in [-0.3, -0.25) is 9.69 Å². The average molecular weight is 328 g/mol. The number of nitrogens with zero attached hydrogens (tertiary/aromatic N) is 2. The van der Waals surface area contributed by atoms with Crippen molar-refractivity contribution in [3.05, 3.63) is 35.9 Å². The summed E-state index contributed by atoms with van der Waals surface area (Å²) in [6.45, 7) is 6.93. The van der Waals surface area contributed by atoms with E-state index in [1.54, 1.807) is 0 Å². The zero-order valence-electron chi connectivity index (χ0n) is 14.6. The topological polar surface area (TPSA) is 32.8 Å². The number of morpholine rings is 1. The first kappa shape index (κ1) is 16.1. The second-order valence-electron chi connectivity index (χ2n) is 7.59. The van der Waals surface area contributed by atoms with Crippen molar-refractivity contribution in [2.24, 2.45) is 5.92 Å². The molecular formula is C20H28N2O2. The monoisotopic (exact) mass is 328 g/mol. The molecule has 4 nitrogen and oxygen atoms in total. The van der Waals surface area contributed by atoms with Crippen molar-refractivity contribution >= 4 is 5.91 Å². The van der Waals surface area contributed by atoms with Gasteiger partial charge in [0, 0.05) is 38.1 Å². The molecule has 2 saturated heterocycles. The summed E-state index contributed by atoms with van der Waals surface area (Å²) in [5, 5.41) is 0. The summed E-state index contributed by atoms with van der Waals surface area (Å²) >= 11 is 0. The molecule has 3 aliphatic rings. The standard InChI is InChI=1S/C20H28N2O2/c1-15-14-22(11-12-24-15)17-7-9-21(10-8-17)20(23)19-13-18(19)16-5-3-2-4-6-16/h2-6,15,17-19H,7-14H2,1H3/t15-,18-,19+/m1/s1. The maximum Gasteiger partial charge on any atom is 0.226 e. The highest BCUT2D eigenvalue weighted by atomic mass is 16.5. The highest BCUT2D eigenvalue weighted by Gasteiger charge is 2.46. The molecule has 3 fully saturated rings. The molecule has 1 saturated carbocycles. The van der Waals surface area contributed by atoms with Gasteiger partial charge in [-0.25, -0.2) is 0 Å². The van der Waals surface area contributed by atoms with E-state index < -0.39 is 0 Å². The largest absolute Gasteiger partial charge is 0.376 e. The van der Waals surface area contributed by atoms with E-state index in [1.807, 2.05) is 6.07 Å².